The van der Waals surface area contributed by atoms with Crippen molar-refractivity contribution < 1.29 is 9.59 Å². The van der Waals surface area contributed by atoms with E-state index in [-0.39, 0.29) is 17.7 Å². The molecule has 3 aliphatic carbocycles. The highest BCUT2D eigenvalue weighted by Crippen LogP contribution is 2.50. The van der Waals surface area contributed by atoms with Gasteiger partial charge >= 0.3 is 0 Å². The molecule has 33 heavy (non-hydrogen) atoms. The van der Waals surface area contributed by atoms with Gasteiger partial charge < -0.3 is 21.3 Å². The smallest absolute Gasteiger partial charge is 0.223 e. The summed E-state index contributed by atoms with van der Waals surface area (Å²) in [7, 11) is 0. The highest BCUT2D eigenvalue weighted by molar-refractivity contribution is 5.82. The molecule has 0 bridgehead atoms. The normalized spacial score (nSPS) is 43.2. The number of hydrogen-bond acceptors (Lipinski definition) is 4. The van der Waals surface area contributed by atoms with Gasteiger partial charge in [0.05, 0.1) is 0 Å². The molecule has 4 N–H and O–H groups in total. The first-order valence-electron chi connectivity index (χ1n) is 14.1. The molecule has 5 aliphatic rings. The van der Waals surface area contributed by atoms with Gasteiger partial charge in [0, 0.05) is 30.5 Å². The third-order valence-electron chi connectivity index (χ3n) is 9.90. The van der Waals surface area contributed by atoms with E-state index in [9.17, 15) is 9.59 Å². The molecular formula is C27H46N4O2. The summed E-state index contributed by atoms with van der Waals surface area (Å²) in [5.41, 5.74) is 0. The highest BCUT2D eigenvalue weighted by Gasteiger charge is 2.49. The average Bonchev–Trinajstić information content (AvgIpc) is 3.65. The molecule has 0 radical (unpaired) electrons. The van der Waals surface area contributed by atoms with Crippen LogP contribution in [0.15, 0.2) is 0 Å². The number of hydrogen-bond donors (Lipinski definition) is 4. The summed E-state index contributed by atoms with van der Waals surface area (Å²) in [6.45, 7) is 6.45. The first-order chi connectivity index (χ1) is 16.1. The van der Waals surface area contributed by atoms with Crippen LogP contribution in [0.2, 0.25) is 0 Å². The Balaban J connectivity index is 1.00. The number of carbonyl (C=O) groups is 2. The molecule has 6 nitrogen and oxygen atoms in total. The molecule has 3 saturated carbocycles. The summed E-state index contributed by atoms with van der Waals surface area (Å²) in [4.78, 5) is 25.6. The van der Waals surface area contributed by atoms with E-state index in [0.29, 0.717) is 35.7 Å². The van der Waals surface area contributed by atoms with Gasteiger partial charge in [-0.05, 0) is 127 Å². The molecule has 6 heteroatoms. The van der Waals surface area contributed by atoms with E-state index in [1.54, 1.807) is 0 Å². The van der Waals surface area contributed by atoms with Gasteiger partial charge in [-0.1, -0.05) is 0 Å². The van der Waals surface area contributed by atoms with Crippen LogP contribution < -0.4 is 21.3 Å². The molecule has 5 rings (SSSR count). The molecule has 7 atom stereocenters. The third-order valence-corrected chi connectivity index (χ3v) is 9.90. The summed E-state index contributed by atoms with van der Waals surface area (Å²) in [6, 6.07) is 1.03. The quantitative estimate of drug-likeness (QED) is 0.493. The van der Waals surface area contributed by atoms with Gasteiger partial charge in [-0.2, -0.15) is 0 Å². The predicted molar refractivity (Wildman–Crippen MR) is 130 cm³/mol. The zero-order chi connectivity index (χ0) is 22.8. The van der Waals surface area contributed by atoms with E-state index in [1.807, 2.05) is 0 Å². The molecule has 0 aromatic carbocycles. The van der Waals surface area contributed by atoms with Gasteiger partial charge in [0.25, 0.3) is 0 Å². The lowest BCUT2D eigenvalue weighted by atomic mass is 9.70. The van der Waals surface area contributed by atoms with Gasteiger partial charge in [0.1, 0.15) is 0 Å². The van der Waals surface area contributed by atoms with E-state index in [4.69, 9.17) is 0 Å². The molecule has 2 heterocycles. The fourth-order valence-electron chi connectivity index (χ4n) is 7.70. The number of rotatable bonds is 6. The molecule has 2 aliphatic heterocycles. The van der Waals surface area contributed by atoms with Crippen molar-refractivity contribution in [3.63, 3.8) is 0 Å². The average molecular weight is 459 g/mol. The van der Waals surface area contributed by atoms with Crippen LogP contribution in [0, 0.1) is 41.4 Å². The van der Waals surface area contributed by atoms with E-state index in [2.05, 4.69) is 28.2 Å². The zero-order valence-corrected chi connectivity index (χ0v) is 20.6. The summed E-state index contributed by atoms with van der Waals surface area (Å²) in [5, 5.41) is 13.7. The summed E-state index contributed by atoms with van der Waals surface area (Å²) in [5.74, 6) is 4.41. The first-order valence-corrected chi connectivity index (χ1v) is 14.1. The van der Waals surface area contributed by atoms with Crippen molar-refractivity contribution >= 4 is 11.8 Å². The molecular weight excluding hydrogens is 412 g/mol. The maximum Gasteiger partial charge on any atom is 0.223 e. The first kappa shape index (κ1) is 23.6. The lowest BCUT2D eigenvalue weighted by molar-refractivity contribution is -0.127. The number of nitrogens with one attached hydrogen (secondary N) is 4. The van der Waals surface area contributed by atoms with Crippen LogP contribution >= 0.6 is 0 Å². The standard InChI is InChI=1S/C27H46N4O2/c1-17-23-9-8-22(13-21(23)10-12-29-17)31-27(33)25-14-24(25)19-4-6-20(7-5-19)26(32)30-16-18-3-2-11-28-15-18/h17-25,28-29H,2-16H2,1H3,(H,30,32)(H,31,33). The second-order valence-corrected chi connectivity index (χ2v) is 12.0. The maximum absolute atomic E-state index is 13.0. The second kappa shape index (κ2) is 10.6. The minimum Gasteiger partial charge on any atom is -0.356 e. The van der Waals surface area contributed by atoms with Crippen molar-refractivity contribution in [2.75, 3.05) is 26.2 Å². The van der Waals surface area contributed by atoms with Crippen LogP contribution in [0.5, 0.6) is 0 Å². The van der Waals surface area contributed by atoms with Crippen molar-refractivity contribution in [2.45, 2.75) is 89.6 Å². The lowest BCUT2D eigenvalue weighted by Gasteiger charge is -2.43. The SMILES string of the molecule is CC1NCCC2CC(NC(=O)C3CC3C3CCC(C(=O)NCC4CCCNC4)CC3)CCC21. The Hall–Kier alpha value is -1.14. The van der Waals surface area contributed by atoms with Crippen LogP contribution in [-0.2, 0) is 9.59 Å². The van der Waals surface area contributed by atoms with Gasteiger partial charge in [-0.3, -0.25) is 9.59 Å². The Morgan fingerprint density at radius 2 is 1.70 bits per heavy atom. The third kappa shape index (κ3) is 5.75. The van der Waals surface area contributed by atoms with Crippen LogP contribution in [0.3, 0.4) is 0 Å². The summed E-state index contributed by atoms with van der Waals surface area (Å²) in [6.07, 6.45) is 12.6. The number of amides is 2. The second-order valence-electron chi connectivity index (χ2n) is 12.0. The molecule has 0 aromatic rings. The Bertz CT molecular complexity index is 686. The molecule has 0 aromatic heterocycles. The van der Waals surface area contributed by atoms with Gasteiger partial charge in [-0.25, -0.2) is 0 Å². The molecule has 7 unspecified atom stereocenters. The van der Waals surface area contributed by atoms with E-state index in [1.165, 1.54) is 32.1 Å². The maximum atomic E-state index is 13.0. The van der Waals surface area contributed by atoms with Gasteiger partial charge in [-0.15, -0.1) is 0 Å². The Kier molecular flexibility index (Phi) is 7.61. The van der Waals surface area contributed by atoms with Crippen LogP contribution in [-0.4, -0.2) is 50.1 Å². The van der Waals surface area contributed by atoms with Crippen molar-refractivity contribution in [3.8, 4) is 0 Å². The van der Waals surface area contributed by atoms with E-state index >= 15 is 0 Å². The molecule has 2 saturated heterocycles. The molecule has 0 spiro atoms. The van der Waals surface area contributed by atoms with E-state index in [0.717, 1.165) is 76.5 Å². The van der Waals surface area contributed by atoms with Gasteiger partial charge in [0.2, 0.25) is 11.8 Å². The number of fused-ring (bicyclic) bond motifs is 1. The number of piperidine rings is 2. The van der Waals surface area contributed by atoms with Gasteiger partial charge in [0.15, 0.2) is 0 Å². The monoisotopic (exact) mass is 458 g/mol. The fraction of sp³-hybridized carbons (Fsp3) is 0.926. The Labute approximate surface area is 200 Å². The fourth-order valence-corrected chi connectivity index (χ4v) is 7.70. The van der Waals surface area contributed by atoms with Crippen molar-refractivity contribution in [2.24, 2.45) is 41.4 Å². The lowest BCUT2D eigenvalue weighted by Crippen LogP contribution is -2.50. The highest BCUT2D eigenvalue weighted by atomic mass is 16.2. The van der Waals surface area contributed by atoms with Crippen LogP contribution in [0.25, 0.3) is 0 Å². The van der Waals surface area contributed by atoms with Crippen LogP contribution in [0.1, 0.15) is 77.6 Å². The summed E-state index contributed by atoms with van der Waals surface area (Å²) < 4.78 is 0. The topological polar surface area (TPSA) is 82.3 Å². The van der Waals surface area contributed by atoms with Crippen molar-refractivity contribution in [1.29, 1.82) is 0 Å². The Morgan fingerprint density at radius 3 is 2.48 bits per heavy atom. The van der Waals surface area contributed by atoms with Crippen LogP contribution in [0.4, 0.5) is 0 Å². The predicted octanol–water partition coefficient (Wildman–Crippen LogP) is 2.83. The Morgan fingerprint density at radius 1 is 0.848 bits per heavy atom. The minimum absolute atomic E-state index is 0.186. The molecule has 5 fully saturated rings. The number of carbonyl (C=O) groups excluding carboxylic acids is 2. The van der Waals surface area contributed by atoms with Crippen molar-refractivity contribution in [1.82, 2.24) is 21.3 Å². The van der Waals surface area contributed by atoms with Crippen molar-refractivity contribution in [3.05, 3.63) is 0 Å². The largest absolute Gasteiger partial charge is 0.356 e. The summed E-state index contributed by atoms with van der Waals surface area (Å²) >= 11 is 0. The molecule has 186 valence electrons. The molecule has 2 amide bonds. The zero-order valence-electron chi connectivity index (χ0n) is 20.6. The minimum atomic E-state index is 0.186. The van der Waals surface area contributed by atoms with E-state index < -0.39 is 0 Å².